The van der Waals surface area contributed by atoms with E-state index in [9.17, 15) is 18.0 Å². The van der Waals surface area contributed by atoms with Crippen LogP contribution in [0.1, 0.15) is 45.1 Å². The van der Waals surface area contributed by atoms with Crippen molar-refractivity contribution in [3.05, 3.63) is 112 Å². The Morgan fingerprint density at radius 2 is 1.84 bits per heavy atom. The first-order valence-electron chi connectivity index (χ1n) is 13.5. The molecule has 3 aromatic carbocycles. The Hall–Kier alpha value is -4.66. The van der Waals surface area contributed by atoms with Crippen LogP contribution in [0.3, 0.4) is 0 Å². The van der Waals surface area contributed by atoms with Crippen LogP contribution < -0.4 is 16.0 Å². The third-order valence-electron chi connectivity index (χ3n) is 7.53. The number of carbonyl (C=O) groups excluding carboxylic acids is 2. The molecule has 43 heavy (non-hydrogen) atoms. The quantitative estimate of drug-likeness (QED) is 0.291. The summed E-state index contributed by atoms with van der Waals surface area (Å²) in [7, 11) is -1.97. The van der Waals surface area contributed by atoms with Gasteiger partial charge < -0.3 is 20.5 Å². The summed E-state index contributed by atoms with van der Waals surface area (Å²) >= 11 is 5.95. The number of fused-ring (bicyclic) bond motifs is 1. The van der Waals surface area contributed by atoms with Crippen molar-refractivity contribution in [2.24, 2.45) is 5.73 Å². The third-order valence-corrected chi connectivity index (χ3v) is 9.64. The summed E-state index contributed by atoms with van der Waals surface area (Å²) in [5.41, 5.74) is 8.31. The summed E-state index contributed by atoms with van der Waals surface area (Å²) in [6.07, 6.45) is 3.91. The summed E-state index contributed by atoms with van der Waals surface area (Å²) in [6.45, 7) is 0.494. The zero-order chi connectivity index (χ0) is 30.7. The van der Waals surface area contributed by atoms with Gasteiger partial charge in [-0.25, -0.2) is 13.4 Å². The van der Waals surface area contributed by atoms with Crippen molar-refractivity contribution in [2.75, 3.05) is 17.7 Å². The molecule has 12 heteroatoms. The summed E-state index contributed by atoms with van der Waals surface area (Å²) in [4.78, 5) is 32.2. The van der Waals surface area contributed by atoms with Crippen LogP contribution in [0.4, 0.5) is 5.95 Å². The Labute approximate surface area is 254 Å². The van der Waals surface area contributed by atoms with Gasteiger partial charge in [0.2, 0.25) is 11.9 Å². The molecule has 0 spiro atoms. The highest BCUT2D eigenvalue weighted by molar-refractivity contribution is 7.91. The molecular formula is C31H29ClN6O4S. The van der Waals surface area contributed by atoms with Crippen LogP contribution in [-0.2, 0) is 27.6 Å². The summed E-state index contributed by atoms with van der Waals surface area (Å²) in [5.74, 6) is -1.00. The lowest BCUT2D eigenvalue weighted by Crippen LogP contribution is -2.46. The first-order chi connectivity index (χ1) is 20.6. The first-order valence-corrected chi connectivity index (χ1v) is 15.5. The Balaban J connectivity index is 1.43. The molecule has 0 bridgehead atoms. The van der Waals surface area contributed by atoms with E-state index in [-0.39, 0.29) is 22.6 Å². The maximum atomic E-state index is 13.5. The lowest BCUT2D eigenvalue weighted by atomic mass is 9.99. The highest BCUT2D eigenvalue weighted by Crippen LogP contribution is 2.39. The number of aromatic nitrogens is 2. The Morgan fingerprint density at radius 1 is 1.14 bits per heavy atom. The number of imidazole rings is 1. The molecule has 0 saturated carbocycles. The van der Waals surface area contributed by atoms with Gasteiger partial charge in [0.05, 0.1) is 40.4 Å². The number of sulfone groups is 1. The molecule has 5 rings (SSSR count). The number of carbonyl (C=O) groups is 2. The molecule has 1 unspecified atom stereocenters. The first kappa shape index (κ1) is 29.8. The maximum Gasteiger partial charge on any atom is 0.253 e. The molecule has 0 saturated heterocycles. The van der Waals surface area contributed by atoms with Crippen molar-refractivity contribution in [3.63, 3.8) is 0 Å². The zero-order valence-corrected chi connectivity index (χ0v) is 24.8. The lowest BCUT2D eigenvalue weighted by Gasteiger charge is -2.34. The Bertz CT molecular complexity index is 1810. The number of nitriles is 1. The summed E-state index contributed by atoms with van der Waals surface area (Å²) in [6, 6.07) is 19.5. The second-order valence-corrected chi connectivity index (χ2v) is 12.9. The van der Waals surface area contributed by atoms with Crippen LogP contribution in [0.25, 0.3) is 0 Å². The number of nitrogens with one attached hydrogen (secondary N) is 1. The van der Waals surface area contributed by atoms with Crippen LogP contribution in [0.5, 0.6) is 0 Å². The van der Waals surface area contributed by atoms with E-state index in [0.29, 0.717) is 35.1 Å². The van der Waals surface area contributed by atoms with E-state index in [2.05, 4.69) is 16.4 Å². The zero-order valence-electron chi connectivity index (χ0n) is 23.3. The molecule has 220 valence electrons. The second-order valence-electron chi connectivity index (χ2n) is 10.4. The molecule has 0 aliphatic carbocycles. The number of hydrogen-bond donors (Lipinski definition) is 2. The smallest absolute Gasteiger partial charge is 0.253 e. The van der Waals surface area contributed by atoms with E-state index >= 15 is 0 Å². The van der Waals surface area contributed by atoms with Crippen LogP contribution in [0, 0.1) is 11.3 Å². The van der Waals surface area contributed by atoms with E-state index in [1.165, 1.54) is 6.07 Å². The summed E-state index contributed by atoms with van der Waals surface area (Å²) in [5, 5.41) is 12.3. The average molecular weight is 617 g/mol. The monoisotopic (exact) mass is 616 g/mol. The SMILES string of the molecule is CN(c1nccn1Cc1ccc(C#N)cc1)C1CCS(=O)(=O)c2c(C(=O)N[C@@H](Cc3ccc(Cl)cc3)C(N)=O)cccc21. The number of rotatable bonds is 9. The number of hydrogen-bond acceptors (Lipinski definition) is 7. The molecule has 1 aliphatic heterocycles. The van der Waals surface area contributed by atoms with Crippen LogP contribution in [0.15, 0.2) is 84.0 Å². The number of halogens is 1. The molecule has 10 nitrogen and oxygen atoms in total. The highest BCUT2D eigenvalue weighted by Gasteiger charge is 2.37. The molecule has 2 heterocycles. The Kier molecular flexibility index (Phi) is 8.52. The standard InChI is InChI=1S/C31H29ClN6O4S/c1-37(31-35-14-15-38(31)19-22-7-5-21(18-33)6-8-22)27-13-16-43(41,42)28-24(27)3-2-4-25(28)30(40)36-26(29(34)39)17-20-9-11-23(32)12-10-20/h2-12,14-15,26-27H,13,16-17,19H2,1H3,(H2,34,39)(H,36,40)/t26-,27?/m0/s1. The molecule has 3 N–H and O–H groups in total. The third kappa shape index (κ3) is 6.40. The maximum absolute atomic E-state index is 13.5. The molecule has 2 amide bonds. The Morgan fingerprint density at radius 3 is 2.51 bits per heavy atom. The number of anilines is 1. The fourth-order valence-corrected chi connectivity index (χ4v) is 7.27. The van der Waals surface area contributed by atoms with E-state index in [1.807, 2.05) is 34.8 Å². The van der Waals surface area contributed by atoms with E-state index in [4.69, 9.17) is 22.6 Å². The minimum Gasteiger partial charge on any atom is -0.368 e. The fraction of sp³-hybridized carbons (Fsp3) is 0.226. The summed E-state index contributed by atoms with van der Waals surface area (Å²) < 4.78 is 28.8. The average Bonchev–Trinajstić information content (AvgIpc) is 3.45. The molecule has 0 fully saturated rings. The number of nitrogens with zero attached hydrogens (tertiary/aromatic N) is 4. The van der Waals surface area contributed by atoms with Gasteiger partial charge in [-0.2, -0.15) is 5.26 Å². The van der Waals surface area contributed by atoms with Gasteiger partial charge in [0, 0.05) is 30.9 Å². The molecule has 1 aromatic heterocycles. The van der Waals surface area contributed by atoms with Crippen molar-refractivity contribution in [1.82, 2.24) is 14.9 Å². The van der Waals surface area contributed by atoms with Gasteiger partial charge in [-0.15, -0.1) is 0 Å². The van der Waals surface area contributed by atoms with Crippen molar-refractivity contribution < 1.29 is 18.0 Å². The highest BCUT2D eigenvalue weighted by atomic mass is 35.5. The normalized spacial score (nSPS) is 16.0. The number of primary amides is 1. The largest absolute Gasteiger partial charge is 0.368 e. The van der Waals surface area contributed by atoms with Gasteiger partial charge in [-0.3, -0.25) is 9.59 Å². The van der Waals surface area contributed by atoms with Crippen molar-refractivity contribution in [1.29, 1.82) is 5.26 Å². The van der Waals surface area contributed by atoms with E-state index in [1.54, 1.807) is 54.7 Å². The predicted molar refractivity (Wildman–Crippen MR) is 162 cm³/mol. The van der Waals surface area contributed by atoms with Crippen LogP contribution in [0.2, 0.25) is 5.02 Å². The van der Waals surface area contributed by atoms with E-state index < -0.39 is 33.7 Å². The number of nitrogens with two attached hydrogens (primary N) is 1. The fourth-order valence-electron chi connectivity index (χ4n) is 5.34. The van der Waals surface area contributed by atoms with Crippen molar-refractivity contribution in [3.8, 4) is 6.07 Å². The number of benzene rings is 3. The molecule has 1 aliphatic rings. The van der Waals surface area contributed by atoms with Gasteiger partial charge in [0.1, 0.15) is 6.04 Å². The lowest BCUT2D eigenvalue weighted by molar-refractivity contribution is -0.119. The topological polar surface area (TPSA) is 151 Å². The van der Waals surface area contributed by atoms with Gasteiger partial charge in [-0.1, -0.05) is 48.0 Å². The minimum absolute atomic E-state index is 0.0427. The molecular weight excluding hydrogens is 588 g/mol. The van der Waals surface area contributed by atoms with Crippen molar-refractivity contribution in [2.45, 2.75) is 36.4 Å². The van der Waals surface area contributed by atoms with Crippen molar-refractivity contribution >= 4 is 39.2 Å². The molecule has 2 atom stereocenters. The predicted octanol–water partition coefficient (Wildman–Crippen LogP) is 3.64. The van der Waals surface area contributed by atoms with Gasteiger partial charge in [0.25, 0.3) is 5.91 Å². The molecule has 0 radical (unpaired) electrons. The van der Waals surface area contributed by atoms with Crippen LogP contribution >= 0.6 is 11.6 Å². The number of amides is 2. The minimum atomic E-state index is -3.81. The van der Waals surface area contributed by atoms with Crippen LogP contribution in [-0.4, -0.2) is 48.6 Å². The van der Waals surface area contributed by atoms with Gasteiger partial charge >= 0.3 is 0 Å². The van der Waals surface area contributed by atoms with E-state index in [0.717, 1.165) is 11.1 Å². The van der Waals surface area contributed by atoms with Gasteiger partial charge in [0.15, 0.2) is 9.84 Å². The molecule has 4 aromatic rings. The second kappa shape index (κ2) is 12.3. The van der Waals surface area contributed by atoms with Gasteiger partial charge in [-0.05, 0) is 53.4 Å².